The molecule has 0 radical (unpaired) electrons. The fraction of sp³-hybridized carbons (Fsp3) is 0.800. The Balaban J connectivity index is 2.12. The average Bonchev–Trinajstić information content (AvgIpc) is 2.73. The summed E-state index contributed by atoms with van der Waals surface area (Å²) in [5, 5.41) is 10.7. The smallest absolute Gasteiger partial charge is 0.334 e. The van der Waals surface area contributed by atoms with Crippen molar-refractivity contribution >= 4 is 5.97 Å². The summed E-state index contributed by atoms with van der Waals surface area (Å²) in [7, 11) is 0. The molecule has 3 unspecified atom stereocenters. The molecular formula is C15H22O3. The van der Waals surface area contributed by atoms with Crippen molar-refractivity contribution in [2.75, 3.05) is 6.61 Å². The molecule has 3 heteroatoms. The van der Waals surface area contributed by atoms with Gasteiger partial charge in [0.15, 0.2) is 0 Å². The van der Waals surface area contributed by atoms with E-state index in [1.807, 2.05) is 6.92 Å². The molecule has 1 saturated heterocycles. The first-order valence-corrected chi connectivity index (χ1v) is 6.93. The van der Waals surface area contributed by atoms with Crippen molar-refractivity contribution in [3.63, 3.8) is 0 Å². The molecule has 3 nitrogen and oxygen atoms in total. The van der Waals surface area contributed by atoms with Gasteiger partial charge in [-0.3, -0.25) is 0 Å². The van der Waals surface area contributed by atoms with Gasteiger partial charge in [-0.15, -0.1) is 0 Å². The third-order valence-electron chi connectivity index (χ3n) is 4.99. The molecule has 0 aromatic rings. The van der Waals surface area contributed by atoms with Crippen LogP contribution in [0.3, 0.4) is 0 Å². The molecule has 1 N–H and O–H groups in total. The third kappa shape index (κ3) is 1.71. The minimum atomic E-state index is -0.666. The molecule has 1 aliphatic heterocycles. The highest BCUT2D eigenvalue weighted by Gasteiger charge is 2.50. The van der Waals surface area contributed by atoms with E-state index >= 15 is 0 Å². The number of esters is 1. The predicted molar refractivity (Wildman–Crippen MR) is 67.8 cm³/mol. The summed E-state index contributed by atoms with van der Waals surface area (Å²) in [6, 6.07) is 0. The second-order valence-electron chi connectivity index (χ2n) is 7.23. The maximum atomic E-state index is 12.0. The average molecular weight is 250 g/mol. The van der Waals surface area contributed by atoms with E-state index in [0.717, 1.165) is 31.3 Å². The number of aliphatic hydroxyl groups is 1. The Morgan fingerprint density at radius 1 is 1.33 bits per heavy atom. The summed E-state index contributed by atoms with van der Waals surface area (Å²) in [5.74, 6) is 0.228. The Labute approximate surface area is 108 Å². The summed E-state index contributed by atoms with van der Waals surface area (Å²) in [6.45, 7) is 6.90. The highest BCUT2D eigenvalue weighted by atomic mass is 16.5. The lowest BCUT2D eigenvalue weighted by Crippen LogP contribution is -2.34. The molecule has 3 rings (SSSR count). The number of hydrogen-bond acceptors (Lipinski definition) is 3. The number of hydrogen-bond donors (Lipinski definition) is 1. The van der Waals surface area contributed by atoms with E-state index in [9.17, 15) is 9.90 Å². The van der Waals surface area contributed by atoms with Crippen molar-refractivity contribution in [1.82, 2.24) is 0 Å². The first-order chi connectivity index (χ1) is 8.30. The van der Waals surface area contributed by atoms with Gasteiger partial charge in [0, 0.05) is 17.4 Å². The zero-order chi connectivity index (χ0) is 13.1. The van der Waals surface area contributed by atoms with Crippen molar-refractivity contribution in [1.29, 1.82) is 0 Å². The molecule has 2 fully saturated rings. The zero-order valence-electron chi connectivity index (χ0n) is 11.5. The van der Waals surface area contributed by atoms with E-state index < -0.39 is 5.60 Å². The van der Waals surface area contributed by atoms with Crippen molar-refractivity contribution in [3.05, 3.63) is 11.1 Å². The summed E-state index contributed by atoms with van der Waals surface area (Å²) < 4.78 is 5.22. The summed E-state index contributed by atoms with van der Waals surface area (Å²) in [5.41, 5.74) is 1.61. The molecule has 18 heavy (non-hydrogen) atoms. The van der Waals surface area contributed by atoms with Crippen LogP contribution >= 0.6 is 0 Å². The van der Waals surface area contributed by atoms with Crippen LogP contribution < -0.4 is 0 Å². The van der Waals surface area contributed by atoms with Gasteiger partial charge in [-0.05, 0) is 38.0 Å². The van der Waals surface area contributed by atoms with Crippen LogP contribution in [-0.2, 0) is 9.53 Å². The highest BCUT2D eigenvalue weighted by molar-refractivity contribution is 5.92. The molecular weight excluding hydrogens is 228 g/mol. The fourth-order valence-electron chi connectivity index (χ4n) is 4.03. The first kappa shape index (κ1) is 12.2. The molecule has 3 atom stereocenters. The quantitative estimate of drug-likeness (QED) is 0.672. The minimum absolute atomic E-state index is 0.129. The number of rotatable bonds is 0. The van der Waals surface area contributed by atoms with E-state index in [0.29, 0.717) is 6.61 Å². The van der Waals surface area contributed by atoms with Crippen molar-refractivity contribution in [2.24, 2.45) is 17.3 Å². The number of cyclic esters (lactones) is 1. The van der Waals surface area contributed by atoms with Gasteiger partial charge < -0.3 is 9.84 Å². The van der Waals surface area contributed by atoms with Gasteiger partial charge in [0.25, 0.3) is 0 Å². The highest BCUT2D eigenvalue weighted by Crippen LogP contribution is 2.54. The molecule has 3 aliphatic rings. The normalized spacial score (nSPS) is 42.3. The molecule has 2 aliphatic carbocycles. The van der Waals surface area contributed by atoms with E-state index in [1.165, 1.54) is 5.57 Å². The fourth-order valence-corrected chi connectivity index (χ4v) is 4.03. The van der Waals surface area contributed by atoms with E-state index in [2.05, 4.69) is 13.8 Å². The summed E-state index contributed by atoms with van der Waals surface area (Å²) in [4.78, 5) is 12.0. The largest absolute Gasteiger partial charge is 0.462 e. The lowest BCUT2D eigenvalue weighted by atomic mass is 9.81. The molecule has 1 heterocycles. The van der Waals surface area contributed by atoms with Crippen molar-refractivity contribution < 1.29 is 14.6 Å². The second-order valence-corrected chi connectivity index (χ2v) is 7.23. The molecule has 0 spiro atoms. The van der Waals surface area contributed by atoms with Gasteiger partial charge in [-0.2, -0.15) is 0 Å². The SMILES string of the molecule is CC1(C)CC2=C3C(=O)OCC3CCC(C)(O)C2C1. The van der Waals surface area contributed by atoms with Gasteiger partial charge in [0.1, 0.15) is 0 Å². The van der Waals surface area contributed by atoms with Crippen molar-refractivity contribution in [2.45, 2.75) is 52.1 Å². The predicted octanol–water partition coefficient (Wildman–Crippen LogP) is 2.44. The van der Waals surface area contributed by atoms with Crippen LogP contribution in [0.2, 0.25) is 0 Å². The third-order valence-corrected chi connectivity index (χ3v) is 4.99. The van der Waals surface area contributed by atoms with Gasteiger partial charge in [0.05, 0.1) is 12.2 Å². The topological polar surface area (TPSA) is 46.5 Å². The van der Waals surface area contributed by atoms with E-state index in [1.54, 1.807) is 0 Å². The van der Waals surface area contributed by atoms with Crippen molar-refractivity contribution in [3.8, 4) is 0 Å². The maximum Gasteiger partial charge on any atom is 0.334 e. The molecule has 0 aromatic carbocycles. The van der Waals surface area contributed by atoms with Crippen LogP contribution in [0.15, 0.2) is 11.1 Å². The monoisotopic (exact) mass is 250 g/mol. The Bertz CT molecular complexity index is 431. The molecule has 0 bridgehead atoms. The minimum Gasteiger partial charge on any atom is -0.462 e. The number of carbonyl (C=O) groups excluding carboxylic acids is 1. The first-order valence-electron chi connectivity index (χ1n) is 6.93. The summed E-state index contributed by atoms with van der Waals surface area (Å²) >= 11 is 0. The van der Waals surface area contributed by atoms with Crippen LogP contribution in [0.4, 0.5) is 0 Å². The van der Waals surface area contributed by atoms with Gasteiger partial charge in [-0.25, -0.2) is 4.79 Å². The van der Waals surface area contributed by atoms with Crippen LogP contribution in [0.1, 0.15) is 46.5 Å². The second kappa shape index (κ2) is 3.60. The summed E-state index contributed by atoms with van der Waals surface area (Å²) in [6.07, 6.45) is 3.53. The van der Waals surface area contributed by atoms with Crippen LogP contribution in [0, 0.1) is 17.3 Å². The van der Waals surface area contributed by atoms with Crippen LogP contribution in [-0.4, -0.2) is 23.3 Å². The molecule has 0 aromatic heterocycles. The molecule has 0 amide bonds. The standard InChI is InChI=1S/C15H22O3/c1-14(2)6-10-11(7-14)15(3,17)5-4-9-8-18-13(16)12(9)10/h9,11,17H,4-8H2,1-3H3. The van der Waals surface area contributed by atoms with Crippen LogP contribution in [0.5, 0.6) is 0 Å². The Hall–Kier alpha value is -0.830. The van der Waals surface area contributed by atoms with E-state index in [-0.39, 0.29) is 23.2 Å². The Morgan fingerprint density at radius 2 is 2.06 bits per heavy atom. The maximum absolute atomic E-state index is 12.0. The molecule has 100 valence electrons. The lowest BCUT2D eigenvalue weighted by Gasteiger charge is -2.31. The number of carbonyl (C=O) groups is 1. The molecule has 1 saturated carbocycles. The Morgan fingerprint density at radius 3 is 2.78 bits per heavy atom. The lowest BCUT2D eigenvalue weighted by molar-refractivity contribution is -0.135. The Kier molecular flexibility index (Phi) is 2.44. The van der Waals surface area contributed by atoms with E-state index in [4.69, 9.17) is 4.74 Å². The zero-order valence-corrected chi connectivity index (χ0v) is 11.5. The van der Waals surface area contributed by atoms with Gasteiger partial charge in [0.2, 0.25) is 0 Å². The number of ether oxygens (including phenoxy) is 1. The van der Waals surface area contributed by atoms with Gasteiger partial charge >= 0.3 is 5.97 Å². The van der Waals surface area contributed by atoms with Crippen LogP contribution in [0.25, 0.3) is 0 Å². The number of fused-ring (bicyclic) bond motifs is 2. The van der Waals surface area contributed by atoms with Gasteiger partial charge in [-0.1, -0.05) is 19.4 Å².